The van der Waals surface area contributed by atoms with Gasteiger partial charge in [-0.3, -0.25) is 4.68 Å². The van der Waals surface area contributed by atoms with Crippen LogP contribution in [0.5, 0.6) is 0 Å². The fourth-order valence-electron chi connectivity index (χ4n) is 4.42. The first-order valence-corrected chi connectivity index (χ1v) is 14.2. The maximum atomic E-state index is 13.0. The second-order valence-electron chi connectivity index (χ2n) is 11.5. The molecule has 0 aliphatic carbocycles. The van der Waals surface area contributed by atoms with Gasteiger partial charge in [-0.05, 0) is 24.6 Å². The molecule has 0 bridgehead atoms. The Morgan fingerprint density at radius 1 is 1.12 bits per heavy atom. The molecule has 0 unspecified atom stereocenters. The van der Waals surface area contributed by atoms with Gasteiger partial charge in [0.2, 0.25) is 0 Å². The summed E-state index contributed by atoms with van der Waals surface area (Å²) in [5.74, 6) is 0. The fourth-order valence-corrected chi connectivity index (χ4v) is 4.42. The molecule has 1 fully saturated rings. The van der Waals surface area contributed by atoms with Gasteiger partial charge in [0.25, 0.3) is 0 Å². The second-order valence-corrected chi connectivity index (χ2v) is 11.5. The van der Waals surface area contributed by atoms with Gasteiger partial charge >= 0.3 is 18.3 Å². The van der Waals surface area contributed by atoms with Crippen LogP contribution in [0.25, 0.3) is 11.3 Å². The average molecular weight is 598 g/mol. The molecule has 3 amide bonds. The monoisotopic (exact) mass is 597 g/mol. The van der Waals surface area contributed by atoms with Crippen LogP contribution in [0.3, 0.4) is 0 Å². The molecule has 13 heteroatoms. The van der Waals surface area contributed by atoms with Gasteiger partial charge in [-0.2, -0.15) is 18.3 Å². The van der Waals surface area contributed by atoms with Crippen LogP contribution in [0.4, 0.5) is 22.8 Å². The van der Waals surface area contributed by atoms with Crippen LogP contribution >= 0.6 is 0 Å². The molecule has 1 aliphatic heterocycles. The summed E-state index contributed by atoms with van der Waals surface area (Å²) in [5, 5.41) is 20.8. The van der Waals surface area contributed by atoms with E-state index in [0.717, 1.165) is 25.0 Å². The normalized spacial score (nSPS) is 16.4. The summed E-state index contributed by atoms with van der Waals surface area (Å²) in [6.45, 7) is 9.79. The number of alkyl halides is 3. The van der Waals surface area contributed by atoms with E-state index >= 15 is 0 Å². The van der Waals surface area contributed by atoms with Crippen molar-refractivity contribution in [2.75, 3.05) is 32.8 Å². The predicted molar refractivity (Wildman–Crippen MR) is 151 cm³/mol. The number of alkyl carbamates (subject to hydrolysis) is 1. The number of rotatable bonds is 11. The number of unbranched alkanes of at least 4 members (excludes halogenated alkanes) is 1. The molecule has 1 saturated heterocycles. The Morgan fingerprint density at radius 3 is 2.38 bits per heavy atom. The standard InChI is InChI=1S/C29H42F3N5O5/c1-5-6-7-23(24(38)18-33-26(39)36-14-16-41-17-15-36)34-27(40)42-25(28(2,3)4)19-37-13-12-22(35-37)20-8-10-21(11-9-20)29(30,31)32/h8-13,23-25,38H,5-7,14-19H2,1-4H3,(H,33,39)(H,34,40)/t23-,24+,25+/m0/s1. The van der Waals surface area contributed by atoms with E-state index in [1.165, 1.54) is 12.1 Å². The Bertz CT molecular complexity index is 1140. The molecule has 0 spiro atoms. The number of aliphatic hydroxyl groups excluding tert-OH is 1. The van der Waals surface area contributed by atoms with Gasteiger partial charge in [-0.1, -0.05) is 52.7 Å². The van der Waals surface area contributed by atoms with Crippen molar-refractivity contribution in [3.63, 3.8) is 0 Å². The number of hydrogen-bond acceptors (Lipinski definition) is 6. The van der Waals surface area contributed by atoms with Crippen molar-refractivity contribution >= 4 is 12.1 Å². The largest absolute Gasteiger partial charge is 0.444 e. The third-order valence-electron chi connectivity index (χ3n) is 7.11. The van der Waals surface area contributed by atoms with E-state index < -0.39 is 41.5 Å². The number of benzene rings is 1. The minimum atomic E-state index is -4.42. The molecule has 3 rings (SSSR count). The Kier molecular flexibility index (Phi) is 11.6. The highest BCUT2D eigenvalue weighted by Gasteiger charge is 2.32. The van der Waals surface area contributed by atoms with E-state index in [2.05, 4.69) is 15.7 Å². The maximum Gasteiger partial charge on any atom is 0.416 e. The number of amides is 3. The van der Waals surface area contributed by atoms with E-state index in [-0.39, 0.29) is 19.1 Å². The van der Waals surface area contributed by atoms with E-state index in [1.807, 2.05) is 27.7 Å². The molecule has 0 radical (unpaired) electrons. The summed E-state index contributed by atoms with van der Waals surface area (Å²) in [6.07, 6.45) is -2.99. The Balaban J connectivity index is 1.61. The lowest BCUT2D eigenvalue weighted by atomic mass is 9.89. The zero-order valence-corrected chi connectivity index (χ0v) is 24.6. The first kappa shape index (κ1) is 33.2. The molecule has 0 saturated carbocycles. The van der Waals surface area contributed by atoms with Gasteiger partial charge in [-0.25, -0.2) is 9.59 Å². The predicted octanol–water partition coefficient (Wildman–Crippen LogP) is 4.67. The van der Waals surface area contributed by atoms with Crippen molar-refractivity contribution in [2.45, 2.75) is 77.9 Å². The maximum absolute atomic E-state index is 13.0. The molecular weight excluding hydrogens is 555 g/mol. The first-order valence-electron chi connectivity index (χ1n) is 14.2. The number of hydrogen-bond donors (Lipinski definition) is 3. The van der Waals surface area contributed by atoms with Crippen molar-refractivity contribution in [3.05, 3.63) is 42.1 Å². The Morgan fingerprint density at radius 2 is 1.79 bits per heavy atom. The highest BCUT2D eigenvalue weighted by atomic mass is 19.4. The number of carbonyl (C=O) groups is 2. The Labute approximate surface area is 244 Å². The average Bonchev–Trinajstić information content (AvgIpc) is 3.41. The van der Waals surface area contributed by atoms with E-state index in [0.29, 0.717) is 44.0 Å². The Hall–Kier alpha value is -3.32. The molecule has 3 atom stereocenters. The van der Waals surface area contributed by atoms with Gasteiger partial charge in [0.1, 0.15) is 6.10 Å². The first-order chi connectivity index (χ1) is 19.8. The minimum Gasteiger partial charge on any atom is -0.444 e. The molecule has 1 aliphatic rings. The van der Waals surface area contributed by atoms with Gasteiger partial charge in [0.05, 0.1) is 43.2 Å². The van der Waals surface area contributed by atoms with Gasteiger partial charge in [0.15, 0.2) is 0 Å². The number of aromatic nitrogens is 2. The molecule has 2 heterocycles. The summed E-state index contributed by atoms with van der Waals surface area (Å²) in [4.78, 5) is 27.1. The third-order valence-corrected chi connectivity index (χ3v) is 7.11. The molecule has 1 aromatic heterocycles. The van der Waals surface area contributed by atoms with Crippen LogP contribution in [-0.2, 0) is 22.2 Å². The molecule has 10 nitrogen and oxygen atoms in total. The van der Waals surface area contributed by atoms with Crippen LogP contribution in [0, 0.1) is 5.41 Å². The SMILES string of the molecule is CCCC[C@H](NC(=O)O[C@H](Cn1ccc(-c2ccc(C(F)(F)F)cc2)n1)C(C)(C)C)[C@H](O)CNC(=O)N1CCOCC1. The molecule has 2 aromatic rings. The van der Waals surface area contributed by atoms with Gasteiger partial charge in [-0.15, -0.1) is 0 Å². The van der Waals surface area contributed by atoms with Crippen molar-refractivity contribution in [3.8, 4) is 11.3 Å². The lowest BCUT2D eigenvalue weighted by molar-refractivity contribution is -0.137. The smallest absolute Gasteiger partial charge is 0.416 e. The third kappa shape index (κ3) is 9.90. The number of urea groups is 1. The molecule has 42 heavy (non-hydrogen) atoms. The van der Waals surface area contributed by atoms with E-state index in [1.54, 1.807) is 21.8 Å². The second kappa shape index (κ2) is 14.7. The molecule has 1 aromatic carbocycles. The summed E-state index contributed by atoms with van der Waals surface area (Å²) >= 11 is 0. The minimum absolute atomic E-state index is 0.0342. The van der Waals surface area contributed by atoms with Crippen LogP contribution in [-0.4, -0.2) is 83.0 Å². The van der Waals surface area contributed by atoms with Crippen LogP contribution in [0.1, 0.15) is 52.5 Å². The quantitative estimate of drug-likeness (QED) is 0.347. The van der Waals surface area contributed by atoms with Crippen molar-refractivity contribution in [2.24, 2.45) is 5.41 Å². The number of nitrogens with one attached hydrogen (secondary N) is 2. The van der Waals surface area contributed by atoms with Crippen molar-refractivity contribution < 1.29 is 37.3 Å². The fraction of sp³-hybridized carbons (Fsp3) is 0.621. The summed E-state index contributed by atoms with van der Waals surface area (Å²) in [7, 11) is 0. The highest BCUT2D eigenvalue weighted by molar-refractivity contribution is 5.74. The molecular formula is C29H42F3N5O5. The lowest BCUT2D eigenvalue weighted by Crippen LogP contribution is -2.52. The molecule has 234 valence electrons. The topological polar surface area (TPSA) is 118 Å². The lowest BCUT2D eigenvalue weighted by Gasteiger charge is -2.32. The number of ether oxygens (including phenoxy) is 2. The van der Waals surface area contributed by atoms with Crippen LogP contribution in [0.2, 0.25) is 0 Å². The number of aliphatic hydroxyl groups is 1. The van der Waals surface area contributed by atoms with E-state index in [4.69, 9.17) is 9.47 Å². The van der Waals surface area contributed by atoms with Crippen LogP contribution < -0.4 is 10.6 Å². The summed E-state index contributed by atoms with van der Waals surface area (Å²) in [6, 6.07) is 5.51. The van der Waals surface area contributed by atoms with Crippen molar-refractivity contribution in [1.29, 1.82) is 0 Å². The van der Waals surface area contributed by atoms with Gasteiger partial charge < -0.3 is 30.1 Å². The summed E-state index contributed by atoms with van der Waals surface area (Å²) < 4.78 is 51.4. The summed E-state index contributed by atoms with van der Waals surface area (Å²) in [5.41, 5.74) is -0.204. The zero-order chi connectivity index (χ0) is 30.9. The highest BCUT2D eigenvalue weighted by Crippen LogP contribution is 2.31. The van der Waals surface area contributed by atoms with Crippen LogP contribution in [0.15, 0.2) is 36.5 Å². The number of morpholine rings is 1. The van der Waals surface area contributed by atoms with Gasteiger partial charge in [0, 0.05) is 36.8 Å². The number of halogens is 3. The van der Waals surface area contributed by atoms with Crippen molar-refractivity contribution in [1.82, 2.24) is 25.3 Å². The van der Waals surface area contributed by atoms with E-state index in [9.17, 15) is 27.9 Å². The zero-order valence-electron chi connectivity index (χ0n) is 24.6. The number of nitrogens with zero attached hydrogens (tertiary/aromatic N) is 3. The number of carbonyl (C=O) groups excluding carboxylic acids is 2. The molecule has 3 N–H and O–H groups in total.